The number of benzene rings is 2. The molecule has 0 N–H and O–H groups in total. The van der Waals surface area contributed by atoms with Gasteiger partial charge in [0.05, 0.1) is 0 Å². The van der Waals surface area contributed by atoms with E-state index in [-0.39, 0.29) is 0 Å². The predicted molar refractivity (Wildman–Crippen MR) is 97.5 cm³/mol. The first-order valence-corrected chi connectivity index (χ1v) is 10.3. The minimum absolute atomic E-state index is 0.450. The van der Waals surface area contributed by atoms with Crippen molar-refractivity contribution in [3.05, 3.63) is 65.7 Å². The second-order valence-corrected chi connectivity index (χ2v) is 8.07. The van der Waals surface area contributed by atoms with Gasteiger partial charge < -0.3 is 0 Å². The van der Waals surface area contributed by atoms with Crippen molar-refractivity contribution >= 4 is 47.8 Å². The van der Waals surface area contributed by atoms with E-state index in [4.69, 9.17) is 17.0 Å². The summed E-state index contributed by atoms with van der Waals surface area (Å²) in [4.78, 5) is 0. The number of ether oxygens (including phenoxy) is 1. The molecule has 0 aliphatic carbocycles. The molecule has 0 aliphatic heterocycles. The Morgan fingerprint density at radius 1 is 1.10 bits per heavy atom. The molecule has 0 bridgehead atoms. The Morgan fingerprint density at radius 2 is 1.81 bits per heavy atom. The van der Waals surface area contributed by atoms with Gasteiger partial charge in [0.25, 0.3) is 0 Å². The zero-order valence-electron chi connectivity index (χ0n) is 12.0. The summed E-state index contributed by atoms with van der Waals surface area (Å²) in [6.07, 6.45) is 0. The first-order valence-electron chi connectivity index (χ1n) is 6.83. The summed E-state index contributed by atoms with van der Waals surface area (Å²) in [5, 5.41) is 1.13. The molecule has 0 saturated carbocycles. The van der Waals surface area contributed by atoms with Gasteiger partial charge >= 0.3 is 143 Å². The van der Waals surface area contributed by atoms with Crippen LogP contribution in [0.1, 0.15) is 18.1 Å². The molecule has 0 amide bonds. The van der Waals surface area contributed by atoms with Crippen molar-refractivity contribution in [1.82, 2.24) is 0 Å². The molecule has 0 atom stereocenters. The van der Waals surface area contributed by atoms with Gasteiger partial charge in [0.2, 0.25) is 0 Å². The summed E-state index contributed by atoms with van der Waals surface area (Å²) >= 11 is 7.24. The van der Waals surface area contributed by atoms with Crippen molar-refractivity contribution < 1.29 is 4.74 Å². The van der Waals surface area contributed by atoms with Crippen LogP contribution in [0.2, 0.25) is 0 Å². The Labute approximate surface area is 142 Å². The number of rotatable bonds is 6. The molecule has 1 nitrogen and oxygen atoms in total. The molecule has 4 heteroatoms. The molecule has 0 aliphatic rings. The van der Waals surface area contributed by atoms with Crippen LogP contribution in [-0.2, 0) is 15.8 Å². The van der Waals surface area contributed by atoms with Gasteiger partial charge in [0, 0.05) is 0 Å². The van der Waals surface area contributed by atoms with Crippen LogP contribution in [0, 0.1) is 0 Å². The van der Waals surface area contributed by atoms with E-state index in [9.17, 15) is 0 Å². The number of hydrogen-bond donors (Lipinski definition) is 0. The second kappa shape index (κ2) is 9.26. The Kier molecular flexibility index (Phi) is 7.31. The van der Waals surface area contributed by atoms with Gasteiger partial charge in [-0.3, -0.25) is 0 Å². The molecule has 0 fully saturated rings. The molecule has 0 saturated heterocycles. The van der Waals surface area contributed by atoms with Crippen molar-refractivity contribution in [2.75, 3.05) is 6.61 Å². The van der Waals surface area contributed by atoms with E-state index < -0.39 is 0 Å². The van der Waals surface area contributed by atoms with Crippen LogP contribution in [0.25, 0.3) is 0 Å². The van der Waals surface area contributed by atoms with Crippen molar-refractivity contribution in [2.45, 2.75) is 18.0 Å². The third kappa shape index (κ3) is 5.83. The normalized spacial score (nSPS) is 10.3. The third-order valence-electron chi connectivity index (χ3n) is 2.82. The van der Waals surface area contributed by atoms with Gasteiger partial charge in [-0.15, -0.1) is 0 Å². The summed E-state index contributed by atoms with van der Waals surface area (Å²) in [6.45, 7) is 2.61. The molecular formula is C17H18OS2Se. The topological polar surface area (TPSA) is 9.23 Å². The monoisotopic (exact) mass is 382 g/mol. The Morgan fingerprint density at radius 3 is 2.57 bits per heavy atom. The van der Waals surface area contributed by atoms with Gasteiger partial charge in [0.1, 0.15) is 0 Å². The van der Waals surface area contributed by atoms with E-state index in [1.54, 1.807) is 11.8 Å². The molecular weight excluding hydrogens is 363 g/mol. The van der Waals surface area contributed by atoms with Gasteiger partial charge in [-0.2, -0.15) is 0 Å². The molecule has 0 aromatic heterocycles. The van der Waals surface area contributed by atoms with Crippen LogP contribution in [0.3, 0.4) is 0 Å². The Bertz CT molecular complexity index is 572. The molecule has 21 heavy (non-hydrogen) atoms. The van der Waals surface area contributed by atoms with E-state index in [1.807, 2.05) is 6.92 Å². The maximum atomic E-state index is 5.33. The van der Waals surface area contributed by atoms with E-state index in [1.165, 1.54) is 15.6 Å². The van der Waals surface area contributed by atoms with Gasteiger partial charge in [0.15, 0.2) is 0 Å². The third-order valence-corrected chi connectivity index (χ3v) is 6.59. The molecule has 0 heterocycles. The molecule has 2 aromatic carbocycles. The fourth-order valence-corrected chi connectivity index (χ4v) is 5.15. The molecule has 2 rings (SSSR count). The predicted octanol–water partition coefficient (Wildman–Crippen LogP) is 3.77. The Balaban J connectivity index is 1.95. The van der Waals surface area contributed by atoms with Gasteiger partial charge in [-0.25, -0.2) is 0 Å². The van der Waals surface area contributed by atoms with Crippen LogP contribution >= 0.6 is 24.0 Å². The first kappa shape index (κ1) is 16.6. The van der Waals surface area contributed by atoms with Gasteiger partial charge in [-0.1, -0.05) is 0 Å². The van der Waals surface area contributed by atoms with Crippen molar-refractivity contribution in [3.8, 4) is 0 Å². The molecule has 110 valence electrons. The summed E-state index contributed by atoms with van der Waals surface area (Å²) in [5.41, 5.74) is 2.78. The van der Waals surface area contributed by atoms with Crippen molar-refractivity contribution in [1.29, 1.82) is 0 Å². The van der Waals surface area contributed by atoms with Crippen LogP contribution in [0.4, 0.5) is 0 Å². The SMILES string of the molecule is CCOC(=S)SCc1ccccc1[Se]Cc1ccccc1. The van der Waals surface area contributed by atoms with E-state index in [2.05, 4.69) is 54.6 Å². The number of thioether (sulfide) groups is 1. The number of hydrogen-bond acceptors (Lipinski definition) is 3. The average Bonchev–Trinajstić information content (AvgIpc) is 2.53. The molecule has 0 unspecified atom stereocenters. The van der Waals surface area contributed by atoms with Crippen LogP contribution in [-0.4, -0.2) is 25.9 Å². The fourth-order valence-electron chi connectivity index (χ4n) is 1.80. The zero-order valence-corrected chi connectivity index (χ0v) is 15.3. The summed E-state index contributed by atoms with van der Waals surface area (Å²) in [7, 11) is 0. The van der Waals surface area contributed by atoms with Crippen LogP contribution < -0.4 is 4.46 Å². The zero-order chi connectivity index (χ0) is 14.9. The maximum absolute atomic E-state index is 5.33. The molecule has 0 radical (unpaired) electrons. The van der Waals surface area contributed by atoms with Crippen LogP contribution in [0.15, 0.2) is 54.6 Å². The fraction of sp³-hybridized carbons (Fsp3) is 0.235. The summed E-state index contributed by atoms with van der Waals surface area (Å²) in [5.74, 6) is 0.894. The average molecular weight is 381 g/mol. The standard InChI is InChI=1S/C17H18OS2Se/c1-2-18-17(19)20-12-15-10-6-7-11-16(15)21-13-14-8-4-3-5-9-14/h3-11H,2,12-13H2,1H3. The number of thiocarbonyl (C=S) groups is 1. The van der Waals surface area contributed by atoms with E-state index in [0.29, 0.717) is 25.9 Å². The summed E-state index contributed by atoms with van der Waals surface area (Å²) < 4.78 is 7.43. The van der Waals surface area contributed by atoms with Crippen molar-refractivity contribution in [2.24, 2.45) is 0 Å². The van der Waals surface area contributed by atoms with E-state index >= 15 is 0 Å². The quantitative estimate of drug-likeness (QED) is 0.557. The summed E-state index contributed by atoms with van der Waals surface area (Å²) in [6, 6.07) is 19.3. The minimum atomic E-state index is 0.450. The van der Waals surface area contributed by atoms with Gasteiger partial charge in [-0.05, 0) is 0 Å². The Hall–Kier alpha value is -0.801. The molecule has 2 aromatic rings. The second-order valence-electron chi connectivity index (χ2n) is 4.35. The first-order chi connectivity index (χ1) is 10.3. The molecule has 0 spiro atoms. The van der Waals surface area contributed by atoms with Crippen molar-refractivity contribution in [3.63, 3.8) is 0 Å². The van der Waals surface area contributed by atoms with E-state index in [0.717, 1.165) is 11.1 Å². The van der Waals surface area contributed by atoms with Crippen LogP contribution in [0.5, 0.6) is 0 Å².